The smallest absolute Gasteiger partial charge is 0.280 e. The van der Waals surface area contributed by atoms with Gasteiger partial charge in [0.05, 0.1) is 12.6 Å². The fourth-order valence-corrected chi connectivity index (χ4v) is 3.40. The lowest BCUT2D eigenvalue weighted by molar-refractivity contribution is -0.116. The molecule has 25 heavy (non-hydrogen) atoms. The molecule has 0 aliphatic carbocycles. The van der Waals surface area contributed by atoms with Crippen molar-refractivity contribution in [2.24, 2.45) is 0 Å². The van der Waals surface area contributed by atoms with Crippen molar-refractivity contribution in [3.63, 3.8) is 0 Å². The minimum absolute atomic E-state index is 0.0882. The third-order valence-electron chi connectivity index (χ3n) is 4.93. The van der Waals surface area contributed by atoms with Crippen LogP contribution in [0.25, 0.3) is 0 Å². The topological polar surface area (TPSA) is 61.4 Å². The van der Waals surface area contributed by atoms with Gasteiger partial charge in [-0.05, 0) is 43.5 Å². The number of hydrogen-bond donors (Lipinski definition) is 2. The molecule has 0 bridgehead atoms. The summed E-state index contributed by atoms with van der Waals surface area (Å²) in [5.41, 5.74) is 1.85. The van der Waals surface area contributed by atoms with Gasteiger partial charge in [0, 0.05) is 24.2 Å². The zero-order chi connectivity index (χ0) is 18.0. The Kier molecular flexibility index (Phi) is 5.03. The molecule has 2 aliphatic heterocycles. The van der Waals surface area contributed by atoms with Crippen LogP contribution >= 0.6 is 0 Å². The molecule has 7 heteroatoms. The van der Waals surface area contributed by atoms with E-state index in [0.717, 1.165) is 18.4 Å². The van der Waals surface area contributed by atoms with Crippen LogP contribution in [0.1, 0.15) is 42.1 Å². The SMILES string of the molecule is CCN1CCC(NC(=O)c2ccc3c(c2)NC(=O)CCC3)C(F)(F)C1. The molecule has 0 radical (unpaired) electrons. The third-order valence-corrected chi connectivity index (χ3v) is 4.93. The van der Waals surface area contributed by atoms with E-state index < -0.39 is 17.9 Å². The molecule has 1 aromatic carbocycles. The van der Waals surface area contributed by atoms with Gasteiger partial charge in [-0.15, -0.1) is 0 Å². The molecule has 3 rings (SSSR count). The fraction of sp³-hybridized carbons (Fsp3) is 0.556. The maximum absolute atomic E-state index is 14.2. The van der Waals surface area contributed by atoms with Crippen LogP contribution in [0.3, 0.4) is 0 Å². The first-order valence-corrected chi connectivity index (χ1v) is 8.73. The van der Waals surface area contributed by atoms with E-state index in [0.29, 0.717) is 25.2 Å². The third kappa shape index (κ3) is 3.98. The summed E-state index contributed by atoms with van der Waals surface area (Å²) in [5.74, 6) is -3.57. The second kappa shape index (κ2) is 7.07. The Labute approximate surface area is 145 Å². The summed E-state index contributed by atoms with van der Waals surface area (Å²) in [7, 11) is 0. The van der Waals surface area contributed by atoms with Gasteiger partial charge in [0.15, 0.2) is 0 Å². The van der Waals surface area contributed by atoms with E-state index in [9.17, 15) is 18.4 Å². The van der Waals surface area contributed by atoms with E-state index in [1.165, 1.54) is 0 Å². The summed E-state index contributed by atoms with van der Waals surface area (Å²) in [5, 5.41) is 5.25. The molecular weight excluding hydrogens is 328 g/mol. The van der Waals surface area contributed by atoms with Gasteiger partial charge < -0.3 is 10.6 Å². The Morgan fingerprint density at radius 1 is 1.40 bits per heavy atom. The second-order valence-corrected chi connectivity index (χ2v) is 6.72. The number of rotatable bonds is 3. The molecule has 5 nitrogen and oxygen atoms in total. The number of nitrogens with one attached hydrogen (secondary N) is 2. The van der Waals surface area contributed by atoms with Gasteiger partial charge in [0.2, 0.25) is 5.91 Å². The highest BCUT2D eigenvalue weighted by Crippen LogP contribution is 2.28. The molecule has 0 saturated carbocycles. The number of hydrogen-bond acceptors (Lipinski definition) is 3. The van der Waals surface area contributed by atoms with Crippen LogP contribution in [0, 0.1) is 0 Å². The van der Waals surface area contributed by atoms with E-state index in [-0.39, 0.29) is 24.4 Å². The monoisotopic (exact) mass is 351 g/mol. The van der Waals surface area contributed by atoms with E-state index in [4.69, 9.17) is 0 Å². The Morgan fingerprint density at radius 2 is 2.20 bits per heavy atom. The molecule has 0 aromatic heterocycles. The van der Waals surface area contributed by atoms with Crippen molar-refractivity contribution >= 4 is 17.5 Å². The van der Waals surface area contributed by atoms with Crippen molar-refractivity contribution in [2.45, 2.75) is 44.6 Å². The number of fused-ring (bicyclic) bond motifs is 1. The van der Waals surface area contributed by atoms with Crippen molar-refractivity contribution in [3.05, 3.63) is 29.3 Å². The molecule has 1 unspecified atom stereocenters. The first kappa shape index (κ1) is 17.8. The number of alkyl halides is 2. The maximum Gasteiger partial charge on any atom is 0.280 e. The zero-order valence-electron chi connectivity index (χ0n) is 14.3. The number of aryl methyl sites for hydroxylation is 1. The van der Waals surface area contributed by atoms with Crippen LogP contribution < -0.4 is 10.6 Å². The van der Waals surface area contributed by atoms with Gasteiger partial charge in [0.25, 0.3) is 11.8 Å². The molecule has 2 amide bonds. The predicted octanol–water partition coefficient (Wildman–Crippen LogP) is 2.42. The summed E-state index contributed by atoms with van der Waals surface area (Å²) >= 11 is 0. The number of anilines is 1. The summed E-state index contributed by atoms with van der Waals surface area (Å²) in [6.07, 6.45) is 2.17. The Balaban J connectivity index is 1.72. The molecule has 1 saturated heterocycles. The van der Waals surface area contributed by atoms with Crippen molar-refractivity contribution in [3.8, 4) is 0 Å². The maximum atomic E-state index is 14.2. The summed E-state index contributed by atoms with van der Waals surface area (Å²) in [6.45, 7) is 2.62. The van der Waals surface area contributed by atoms with Gasteiger partial charge in [0.1, 0.15) is 0 Å². The Hall–Kier alpha value is -2.02. The molecule has 0 spiro atoms. The molecule has 2 N–H and O–H groups in total. The van der Waals surface area contributed by atoms with Gasteiger partial charge in [-0.2, -0.15) is 0 Å². The highest BCUT2D eigenvalue weighted by atomic mass is 19.3. The standard InChI is InChI=1S/C18H23F2N3O2/c1-2-23-9-8-15(18(19,20)11-23)22-17(25)13-7-6-12-4-3-5-16(24)21-14(12)10-13/h6-7,10,15H,2-5,8-9,11H2,1H3,(H,21,24)(H,22,25). The number of benzene rings is 1. The van der Waals surface area contributed by atoms with E-state index in [1.807, 2.05) is 6.92 Å². The Bertz CT molecular complexity index is 678. The Morgan fingerprint density at radius 3 is 2.92 bits per heavy atom. The number of amides is 2. The highest BCUT2D eigenvalue weighted by Gasteiger charge is 2.45. The van der Waals surface area contributed by atoms with Gasteiger partial charge in [-0.25, -0.2) is 8.78 Å². The van der Waals surface area contributed by atoms with Crippen molar-refractivity contribution < 1.29 is 18.4 Å². The molecule has 1 fully saturated rings. The number of carbonyl (C=O) groups excluding carboxylic acids is 2. The van der Waals surface area contributed by atoms with Crippen molar-refractivity contribution in [2.75, 3.05) is 25.0 Å². The van der Waals surface area contributed by atoms with Gasteiger partial charge in [-0.1, -0.05) is 13.0 Å². The van der Waals surface area contributed by atoms with Crippen LogP contribution in [0.15, 0.2) is 18.2 Å². The zero-order valence-corrected chi connectivity index (χ0v) is 14.3. The summed E-state index contributed by atoms with van der Waals surface area (Å²) < 4.78 is 28.5. The number of nitrogens with zero attached hydrogens (tertiary/aromatic N) is 1. The molecule has 2 heterocycles. The van der Waals surface area contributed by atoms with Crippen LogP contribution in [0.5, 0.6) is 0 Å². The summed E-state index contributed by atoms with van der Waals surface area (Å²) in [6, 6.07) is 3.82. The number of halogens is 2. The molecule has 2 aliphatic rings. The molecule has 1 aromatic rings. The lowest BCUT2D eigenvalue weighted by atomic mass is 9.99. The van der Waals surface area contributed by atoms with Gasteiger partial charge >= 0.3 is 0 Å². The van der Waals surface area contributed by atoms with Crippen molar-refractivity contribution in [1.82, 2.24) is 10.2 Å². The van der Waals surface area contributed by atoms with Crippen LogP contribution in [0.2, 0.25) is 0 Å². The number of likely N-dealkylation sites (tertiary alicyclic amines) is 1. The first-order valence-electron chi connectivity index (χ1n) is 8.73. The first-order chi connectivity index (χ1) is 11.9. The minimum Gasteiger partial charge on any atom is -0.343 e. The normalized spacial score (nSPS) is 23.3. The fourth-order valence-electron chi connectivity index (χ4n) is 3.40. The number of carbonyl (C=O) groups is 2. The minimum atomic E-state index is -2.95. The molecular formula is C18H23F2N3O2. The van der Waals surface area contributed by atoms with E-state index >= 15 is 0 Å². The molecule has 1 atom stereocenters. The highest BCUT2D eigenvalue weighted by molar-refractivity contribution is 5.98. The lowest BCUT2D eigenvalue weighted by Gasteiger charge is -2.38. The van der Waals surface area contributed by atoms with Crippen LogP contribution in [-0.2, 0) is 11.2 Å². The van der Waals surface area contributed by atoms with Gasteiger partial charge in [-0.3, -0.25) is 14.5 Å². The average Bonchev–Trinajstić information content (AvgIpc) is 2.75. The van der Waals surface area contributed by atoms with Crippen LogP contribution in [-0.4, -0.2) is 48.3 Å². The van der Waals surface area contributed by atoms with E-state index in [2.05, 4.69) is 10.6 Å². The van der Waals surface area contributed by atoms with Crippen LogP contribution in [0.4, 0.5) is 14.5 Å². The quantitative estimate of drug-likeness (QED) is 0.879. The average molecular weight is 351 g/mol. The summed E-state index contributed by atoms with van der Waals surface area (Å²) in [4.78, 5) is 25.8. The largest absolute Gasteiger partial charge is 0.343 e. The number of piperidine rings is 1. The van der Waals surface area contributed by atoms with Crippen molar-refractivity contribution in [1.29, 1.82) is 0 Å². The lowest BCUT2D eigenvalue weighted by Crippen LogP contribution is -2.58. The van der Waals surface area contributed by atoms with E-state index in [1.54, 1.807) is 23.1 Å². The second-order valence-electron chi connectivity index (χ2n) is 6.72. The predicted molar refractivity (Wildman–Crippen MR) is 90.9 cm³/mol. The molecule has 136 valence electrons.